The van der Waals surface area contributed by atoms with Gasteiger partial charge in [-0.3, -0.25) is 9.59 Å². The van der Waals surface area contributed by atoms with Crippen molar-refractivity contribution in [1.29, 1.82) is 0 Å². The van der Waals surface area contributed by atoms with Gasteiger partial charge in [-0.2, -0.15) is 0 Å². The summed E-state index contributed by atoms with van der Waals surface area (Å²) >= 11 is 0. The summed E-state index contributed by atoms with van der Waals surface area (Å²) in [5.74, 6) is 1.03. The number of nitrogens with one attached hydrogen (secondary N) is 1. The quantitative estimate of drug-likeness (QED) is 0.908. The molecule has 6 heteroatoms. The van der Waals surface area contributed by atoms with Gasteiger partial charge >= 0.3 is 0 Å². The summed E-state index contributed by atoms with van der Waals surface area (Å²) in [6.07, 6.45) is 2.14. The van der Waals surface area contributed by atoms with Crippen molar-refractivity contribution in [1.82, 2.24) is 15.2 Å². The number of carbonyl (C=O) groups excluding carboxylic acids is 2. The van der Waals surface area contributed by atoms with Gasteiger partial charge in [-0.1, -0.05) is 26.8 Å². The molecule has 23 heavy (non-hydrogen) atoms. The van der Waals surface area contributed by atoms with Gasteiger partial charge in [0.05, 0.1) is 0 Å². The molecule has 0 bridgehead atoms. The standard InChI is InChI=1S/C17H26N4O2/c1-17(2,3)16(23)19-9-7-15(22)21-12-10-20(11-13-21)14-6-4-5-8-18-14/h4-6,8H,7,9-13H2,1-3H3,(H,19,23). The lowest BCUT2D eigenvalue weighted by Gasteiger charge is -2.35. The smallest absolute Gasteiger partial charge is 0.225 e. The van der Waals surface area contributed by atoms with E-state index in [2.05, 4.69) is 15.2 Å². The van der Waals surface area contributed by atoms with Gasteiger partial charge < -0.3 is 15.1 Å². The van der Waals surface area contributed by atoms with Crippen molar-refractivity contribution in [3.63, 3.8) is 0 Å². The first-order valence-electron chi connectivity index (χ1n) is 8.10. The fraction of sp³-hybridized carbons (Fsp3) is 0.588. The van der Waals surface area contributed by atoms with Gasteiger partial charge in [0.1, 0.15) is 5.82 Å². The Kier molecular flexibility index (Phi) is 5.58. The van der Waals surface area contributed by atoms with Crippen molar-refractivity contribution in [3.05, 3.63) is 24.4 Å². The molecule has 0 aliphatic carbocycles. The molecular weight excluding hydrogens is 292 g/mol. The molecular formula is C17H26N4O2. The number of pyridine rings is 1. The number of amides is 2. The predicted molar refractivity (Wildman–Crippen MR) is 90.1 cm³/mol. The maximum absolute atomic E-state index is 12.2. The zero-order valence-corrected chi connectivity index (χ0v) is 14.2. The molecule has 2 rings (SSSR count). The highest BCUT2D eigenvalue weighted by molar-refractivity contribution is 5.82. The molecule has 0 saturated carbocycles. The van der Waals surface area contributed by atoms with Crippen molar-refractivity contribution >= 4 is 17.6 Å². The Hall–Kier alpha value is -2.11. The van der Waals surface area contributed by atoms with Gasteiger partial charge in [0.15, 0.2) is 0 Å². The minimum absolute atomic E-state index is 0.0229. The first kappa shape index (κ1) is 17.2. The van der Waals surface area contributed by atoms with Crippen molar-refractivity contribution in [2.24, 2.45) is 5.41 Å². The summed E-state index contributed by atoms with van der Waals surface area (Å²) in [6.45, 7) is 8.96. The van der Waals surface area contributed by atoms with Crippen molar-refractivity contribution in [2.75, 3.05) is 37.6 Å². The van der Waals surface area contributed by atoms with E-state index in [9.17, 15) is 9.59 Å². The van der Waals surface area contributed by atoms with Crippen LogP contribution in [0.5, 0.6) is 0 Å². The zero-order valence-electron chi connectivity index (χ0n) is 14.2. The number of hydrogen-bond donors (Lipinski definition) is 1. The van der Waals surface area contributed by atoms with Gasteiger partial charge in [-0.25, -0.2) is 4.98 Å². The number of nitrogens with zero attached hydrogens (tertiary/aromatic N) is 3. The van der Waals surface area contributed by atoms with Crippen LogP contribution in [-0.2, 0) is 9.59 Å². The highest BCUT2D eigenvalue weighted by Gasteiger charge is 2.23. The van der Waals surface area contributed by atoms with Crippen molar-refractivity contribution in [2.45, 2.75) is 27.2 Å². The lowest BCUT2D eigenvalue weighted by atomic mass is 9.96. The summed E-state index contributed by atoms with van der Waals surface area (Å²) in [4.78, 5) is 32.4. The van der Waals surface area contributed by atoms with Crippen LogP contribution in [0.15, 0.2) is 24.4 Å². The van der Waals surface area contributed by atoms with Gasteiger partial charge in [0.25, 0.3) is 0 Å². The highest BCUT2D eigenvalue weighted by Crippen LogP contribution is 2.14. The minimum atomic E-state index is -0.419. The van der Waals surface area contributed by atoms with E-state index in [1.54, 1.807) is 6.20 Å². The fourth-order valence-corrected chi connectivity index (χ4v) is 2.43. The summed E-state index contributed by atoms with van der Waals surface area (Å²) in [5, 5.41) is 2.82. The lowest BCUT2D eigenvalue weighted by Crippen LogP contribution is -2.49. The maximum atomic E-state index is 12.2. The van der Waals surface area contributed by atoms with Gasteiger partial charge in [0.2, 0.25) is 11.8 Å². The molecule has 0 aromatic carbocycles. The molecule has 2 heterocycles. The fourth-order valence-electron chi connectivity index (χ4n) is 2.43. The zero-order chi connectivity index (χ0) is 16.9. The monoisotopic (exact) mass is 318 g/mol. The van der Waals surface area contributed by atoms with Gasteiger partial charge in [0, 0.05) is 50.8 Å². The van der Waals surface area contributed by atoms with E-state index < -0.39 is 5.41 Å². The van der Waals surface area contributed by atoms with Crippen molar-refractivity contribution in [3.8, 4) is 0 Å². The summed E-state index contributed by atoms with van der Waals surface area (Å²) < 4.78 is 0. The Labute approximate surface area is 137 Å². The molecule has 1 fully saturated rings. The second-order valence-corrected chi connectivity index (χ2v) is 6.81. The van der Waals surface area contributed by atoms with Crippen LogP contribution in [0.2, 0.25) is 0 Å². The Morgan fingerprint density at radius 2 is 1.87 bits per heavy atom. The van der Waals surface area contributed by atoms with Crippen LogP contribution in [0.25, 0.3) is 0 Å². The van der Waals surface area contributed by atoms with Crippen LogP contribution in [-0.4, -0.2) is 54.4 Å². The van der Waals surface area contributed by atoms with Crippen LogP contribution in [0.3, 0.4) is 0 Å². The number of hydrogen-bond acceptors (Lipinski definition) is 4. The minimum Gasteiger partial charge on any atom is -0.355 e. The Balaban J connectivity index is 1.73. The van der Waals surface area contributed by atoms with Gasteiger partial charge in [-0.05, 0) is 12.1 Å². The van der Waals surface area contributed by atoms with E-state index in [0.29, 0.717) is 26.1 Å². The molecule has 1 aliphatic rings. The number of rotatable bonds is 4. The Bertz CT molecular complexity index is 531. The number of anilines is 1. The number of aromatic nitrogens is 1. The SMILES string of the molecule is CC(C)(C)C(=O)NCCC(=O)N1CCN(c2ccccn2)CC1. The third kappa shape index (κ3) is 4.94. The molecule has 0 spiro atoms. The first-order valence-corrected chi connectivity index (χ1v) is 8.10. The largest absolute Gasteiger partial charge is 0.355 e. The normalized spacial score (nSPS) is 15.4. The molecule has 0 unspecified atom stereocenters. The number of carbonyl (C=O) groups is 2. The van der Waals surface area contributed by atoms with E-state index >= 15 is 0 Å². The van der Waals surface area contributed by atoms with Crippen LogP contribution >= 0.6 is 0 Å². The molecule has 1 aromatic heterocycles. The van der Waals surface area contributed by atoms with Crippen LogP contribution < -0.4 is 10.2 Å². The van der Waals surface area contributed by atoms with E-state index in [4.69, 9.17) is 0 Å². The molecule has 1 saturated heterocycles. The van der Waals surface area contributed by atoms with E-state index in [0.717, 1.165) is 18.9 Å². The topological polar surface area (TPSA) is 65.5 Å². The lowest BCUT2D eigenvalue weighted by molar-refractivity contribution is -0.132. The van der Waals surface area contributed by atoms with Crippen molar-refractivity contribution < 1.29 is 9.59 Å². The second kappa shape index (κ2) is 7.44. The summed E-state index contributed by atoms with van der Waals surface area (Å²) in [5.41, 5.74) is -0.419. The van der Waals surface area contributed by atoms with E-state index in [1.807, 2.05) is 43.9 Å². The molecule has 126 valence electrons. The van der Waals surface area contributed by atoms with Crippen LogP contribution in [0, 0.1) is 5.41 Å². The Morgan fingerprint density at radius 1 is 1.17 bits per heavy atom. The second-order valence-electron chi connectivity index (χ2n) is 6.81. The summed E-state index contributed by atoms with van der Waals surface area (Å²) in [7, 11) is 0. The molecule has 1 N–H and O–H groups in total. The average molecular weight is 318 g/mol. The molecule has 0 radical (unpaired) electrons. The number of piperazine rings is 1. The van der Waals surface area contributed by atoms with Crippen LogP contribution in [0.4, 0.5) is 5.82 Å². The highest BCUT2D eigenvalue weighted by atomic mass is 16.2. The van der Waals surface area contributed by atoms with E-state index in [1.165, 1.54) is 0 Å². The maximum Gasteiger partial charge on any atom is 0.225 e. The molecule has 1 aromatic rings. The molecule has 0 atom stereocenters. The first-order chi connectivity index (χ1) is 10.9. The average Bonchev–Trinajstić information content (AvgIpc) is 2.54. The molecule has 2 amide bonds. The summed E-state index contributed by atoms with van der Waals surface area (Å²) in [6, 6.07) is 5.85. The third-order valence-corrected chi connectivity index (χ3v) is 3.91. The third-order valence-electron chi connectivity index (χ3n) is 3.91. The van der Waals surface area contributed by atoms with Gasteiger partial charge in [-0.15, -0.1) is 0 Å². The molecule has 6 nitrogen and oxygen atoms in total. The molecule has 1 aliphatic heterocycles. The van der Waals surface area contributed by atoms with Crippen LogP contribution in [0.1, 0.15) is 27.2 Å². The Morgan fingerprint density at radius 3 is 2.43 bits per heavy atom. The van der Waals surface area contributed by atoms with E-state index in [-0.39, 0.29) is 11.8 Å². The predicted octanol–water partition coefficient (Wildman–Crippen LogP) is 1.28.